The highest BCUT2D eigenvalue weighted by molar-refractivity contribution is 5.82. The number of phenols is 3. The minimum Gasteiger partial charge on any atom is -0.504 e. The summed E-state index contributed by atoms with van der Waals surface area (Å²) in [4.78, 5) is 4.08. The maximum atomic E-state index is 9.29. The van der Waals surface area contributed by atoms with Crippen LogP contribution < -0.4 is 0 Å². The van der Waals surface area contributed by atoms with Crippen molar-refractivity contribution in [2.45, 2.75) is 0 Å². The summed E-state index contributed by atoms with van der Waals surface area (Å²) in [5.41, 5.74) is 1.27. The molecule has 3 N–H and O–H groups in total. The summed E-state index contributed by atoms with van der Waals surface area (Å²) in [7, 11) is 0. The summed E-state index contributed by atoms with van der Waals surface area (Å²) < 4.78 is 0. The normalized spacial score (nSPS) is 10.8. The molecule has 0 radical (unpaired) electrons. The summed E-state index contributed by atoms with van der Waals surface area (Å²) in [6.07, 6.45) is 1.60. The zero-order valence-corrected chi connectivity index (χ0v) is 8.91. The third-order valence-corrected chi connectivity index (χ3v) is 2.22. The number of phenolic OH excluding ortho intramolecular Hbond substituents is 3. The van der Waals surface area contributed by atoms with Crippen LogP contribution in [0.4, 0.5) is 5.69 Å². The van der Waals surface area contributed by atoms with Crippen LogP contribution >= 0.6 is 0 Å². The number of hydrogen-bond donors (Lipinski definition) is 3. The molecule has 0 aliphatic heterocycles. The molecule has 0 saturated carbocycles. The van der Waals surface area contributed by atoms with Gasteiger partial charge in [-0.1, -0.05) is 30.3 Å². The predicted octanol–water partition coefficient (Wildman–Crippen LogP) is 2.55. The van der Waals surface area contributed by atoms with Crippen molar-refractivity contribution in [3.63, 3.8) is 0 Å². The average Bonchev–Trinajstić information content (AvgIpc) is 2.34. The van der Waals surface area contributed by atoms with Gasteiger partial charge in [-0.05, 0) is 5.56 Å². The number of benzene rings is 2. The van der Waals surface area contributed by atoms with E-state index in [2.05, 4.69) is 4.99 Å². The van der Waals surface area contributed by atoms with Gasteiger partial charge >= 0.3 is 0 Å². The van der Waals surface area contributed by atoms with Crippen molar-refractivity contribution in [3.05, 3.63) is 48.0 Å². The molecule has 86 valence electrons. The Morgan fingerprint density at radius 1 is 0.882 bits per heavy atom. The first-order chi connectivity index (χ1) is 8.16. The van der Waals surface area contributed by atoms with Gasteiger partial charge in [0.2, 0.25) is 0 Å². The van der Waals surface area contributed by atoms with Crippen molar-refractivity contribution in [3.8, 4) is 17.2 Å². The summed E-state index contributed by atoms with van der Waals surface area (Å²) >= 11 is 0. The van der Waals surface area contributed by atoms with Crippen LogP contribution in [0.25, 0.3) is 0 Å². The van der Waals surface area contributed by atoms with Gasteiger partial charge in [0.05, 0.1) is 5.69 Å². The number of aliphatic imine (C=N–C) groups is 1. The molecule has 0 fully saturated rings. The van der Waals surface area contributed by atoms with Crippen molar-refractivity contribution in [1.29, 1.82) is 0 Å². The van der Waals surface area contributed by atoms with E-state index in [4.69, 9.17) is 5.11 Å². The standard InChI is InChI=1S/C13H11NO3/c15-11-6-10(7-12(16)13(11)17)14-8-9-4-2-1-3-5-9/h1-8,15-17H/b14-8+. The van der Waals surface area contributed by atoms with Gasteiger partial charge in [-0.3, -0.25) is 4.99 Å². The fourth-order valence-electron chi connectivity index (χ4n) is 1.35. The van der Waals surface area contributed by atoms with Crippen LogP contribution in [-0.4, -0.2) is 21.5 Å². The lowest BCUT2D eigenvalue weighted by Gasteiger charge is -2.01. The summed E-state index contributed by atoms with van der Waals surface area (Å²) in [5, 5.41) is 27.8. The van der Waals surface area contributed by atoms with Crippen molar-refractivity contribution in [2.75, 3.05) is 0 Å². The second-order valence-electron chi connectivity index (χ2n) is 3.50. The maximum absolute atomic E-state index is 9.29. The molecular formula is C13H11NO3. The van der Waals surface area contributed by atoms with Crippen LogP contribution in [0.15, 0.2) is 47.5 Å². The Morgan fingerprint density at radius 2 is 1.47 bits per heavy atom. The zero-order valence-electron chi connectivity index (χ0n) is 8.91. The highest BCUT2D eigenvalue weighted by atomic mass is 16.3. The minimum atomic E-state index is -0.538. The van der Waals surface area contributed by atoms with Crippen LogP contribution in [0, 0.1) is 0 Å². The molecule has 0 spiro atoms. The summed E-state index contributed by atoms with van der Waals surface area (Å²) in [6, 6.07) is 12.0. The minimum absolute atomic E-state index is 0.363. The molecule has 0 saturated heterocycles. The van der Waals surface area contributed by atoms with Gasteiger partial charge < -0.3 is 15.3 Å². The first-order valence-electron chi connectivity index (χ1n) is 5.01. The average molecular weight is 229 g/mol. The fraction of sp³-hybridized carbons (Fsp3) is 0. The highest BCUT2D eigenvalue weighted by Crippen LogP contribution is 2.38. The van der Waals surface area contributed by atoms with Gasteiger partial charge in [-0.25, -0.2) is 0 Å². The number of rotatable bonds is 2. The van der Waals surface area contributed by atoms with Gasteiger partial charge in [0.25, 0.3) is 0 Å². The molecule has 2 rings (SSSR count). The highest BCUT2D eigenvalue weighted by Gasteiger charge is 2.06. The van der Waals surface area contributed by atoms with E-state index in [9.17, 15) is 10.2 Å². The van der Waals surface area contributed by atoms with Crippen molar-refractivity contribution >= 4 is 11.9 Å². The summed E-state index contributed by atoms with van der Waals surface area (Å²) in [6.45, 7) is 0. The summed E-state index contributed by atoms with van der Waals surface area (Å²) in [5.74, 6) is -1.33. The van der Waals surface area contributed by atoms with E-state index in [1.54, 1.807) is 6.21 Å². The predicted molar refractivity (Wildman–Crippen MR) is 65.1 cm³/mol. The van der Waals surface area contributed by atoms with Gasteiger partial charge in [0.1, 0.15) is 0 Å². The van der Waals surface area contributed by atoms with Crippen LogP contribution in [0.5, 0.6) is 17.2 Å². The molecule has 4 heteroatoms. The Hall–Kier alpha value is -2.49. The van der Waals surface area contributed by atoms with E-state index in [0.29, 0.717) is 5.69 Å². The van der Waals surface area contributed by atoms with Crippen LogP contribution in [0.1, 0.15) is 5.56 Å². The van der Waals surface area contributed by atoms with Gasteiger partial charge in [-0.15, -0.1) is 0 Å². The van der Waals surface area contributed by atoms with E-state index in [1.807, 2.05) is 30.3 Å². The Balaban J connectivity index is 2.28. The molecule has 2 aromatic rings. The van der Waals surface area contributed by atoms with Crippen LogP contribution in [0.3, 0.4) is 0 Å². The topological polar surface area (TPSA) is 73.1 Å². The first kappa shape index (κ1) is 11.0. The molecule has 0 unspecified atom stereocenters. The Bertz CT molecular complexity index is 527. The number of hydrogen-bond acceptors (Lipinski definition) is 4. The fourth-order valence-corrected chi connectivity index (χ4v) is 1.35. The van der Waals surface area contributed by atoms with Gasteiger partial charge in [0, 0.05) is 18.3 Å². The molecule has 0 atom stereocenters. The van der Waals surface area contributed by atoms with E-state index in [-0.39, 0.29) is 0 Å². The van der Waals surface area contributed by atoms with Crippen molar-refractivity contribution < 1.29 is 15.3 Å². The molecule has 0 aliphatic carbocycles. The quantitative estimate of drug-likeness (QED) is 0.547. The molecule has 17 heavy (non-hydrogen) atoms. The van der Waals surface area contributed by atoms with E-state index >= 15 is 0 Å². The second kappa shape index (κ2) is 4.57. The molecule has 0 heterocycles. The van der Waals surface area contributed by atoms with Crippen molar-refractivity contribution in [1.82, 2.24) is 0 Å². The number of aromatic hydroxyl groups is 3. The van der Waals surface area contributed by atoms with Crippen LogP contribution in [0.2, 0.25) is 0 Å². The van der Waals surface area contributed by atoms with Crippen molar-refractivity contribution in [2.24, 2.45) is 4.99 Å². The third kappa shape index (κ3) is 2.55. The van der Waals surface area contributed by atoms with Gasteiger partial charge in [0.15, 0.2) is 17.2 Å². The Morgan fingerprint density at radius 3 is 2.06 bits per heavy atom. The Labute approximate surface area is 98.1 Å². The first-order valence-corrected chi connectivity index (χ1v) is 5.01. The second-order valence-corrected chi connectivity index (χ2v) is 3.50. The molecule has 2 aromatic carbocycles. The lowest BCUT2D eigenvalue weighted by Crippen LogP contribution is -1.78. The molecule has 0 amide bonds. The third-order valence-electron chi connectivity index (χ3n) is 2.22. The van der Waals surface area contributed by atoms with E-state index in [0.717, 1.165) is 5.56 Å². The lowest BCUT2D eigenvalue weighted by atomic mass is 10.2. The Kier molecular flexibility index (Phi) is 2.96. The smallest absolute Gasteiger partial charge is 0.200 e. The van der Waals surface area contributed by atoms with Crippen LogP contribution in [-0.2, 0) is 0 Å². The largest absolute Gasteiger partial charge is 0.504 e. The molecular weight excluding hydrogens is 218 g/mol. The van der Waals surface area contributed by atoms with E-state index < -0.39 is 17.2 Å². The van der Waals surface area contributed by atoms with E-state index in [1.165, 1.54) is 12.1 Å². The SMILES string of the molecule is Oc1cc(/N=C/c2ccccc2)cc(O)c1O. The zero-order chi connectivity index (χ0) is 12.3. The monoisotopic (exact) mass is 229 g/mol. The molecule has 0 bridgehead atoms. The molecule has 0 aliphatic rings. The number of nitrogens with zero attached hydrogens (tertiary/aromatic N) is 1. The van der Waals surface area contributed by atoms with Gasteiger partial charge in [-0.2, -0.15) is 0 Å². The lowest BCUT2D eigenvalue weighted by molar-refractivity contribution is 0.368. The maximum Gasteiger partial charge on any atom is 0.200 e. The molecule has 4 nitrogen and oxygen atoms in total. The molecule has 0 aromatic heterocycles.